The zero-order chi connectivity index (χ0) is 20.3. The third-order valence-corrected chi connectivity index (χ3v) is 7.55. The number of aryl methyl sites for hydroxylation is 2. The number of aromatic nitrogens is 2. The number of carbonyl (C=O) groups is 1. The Kier molecular flexibility index (Phi) is 6.75. The molecule has 0 fully saturated rings. The summed E-state index contributed by atoms with van der Waals surface area (Å²) in [5, 5.41) is 3.97. The molecule has 2 heterocycles. The van der Waals surface area contributed by atoms with Crippen LogP contribution in [-0.2, 0) is 16.0 Å². The lowest BCUT2D eigenvalue weighted by Gasteiger charge is -2.21. The third-order valence-electron chi connectivity index (χ3n) is 4.46. The SMILES string of the molecule is COC(C)(C)CCSc1nc2ccc(NC(=O)Cc3nc(C)sc3C)cc2s1. The molecule has 28 heavy (non-hydrogen) atoms. The number of hydrogen-bond donors (Lipinski definition) is 1. The summed E-state index contributed by atoms with van der Waals surface area (Å²) in [5.41, 5.74) is 2.50. The minimum atomic E-state index is -0.116. The van der Waals surface area contributed by atoms with Gasteiger partial charge in [-0.15, -0.1) is 22.7 Å². The number of anilines is 1. The van der Waals surface area contributed by atoms with E-state index in [0.717, 1.165) is 48.0 Å². The van der Waals surface area contributed by atoms with Crippen molar-refractivity contribution in [2.45, 2.75) is 50.5 Å². The molecule has 3 aromatic rings. The maximum absolute atomic E-state index is 12.4. The first kappa shape index (κ1) is 21.2. The van der Waals surface area contributed by atoms with Crippen molar-refractivity contribution in [1.29, 1.82) is 0 Å². The molecule has 0 radical (unpaired) electrons. The molecule has 0 saturated heterocycles. The number of nitrogens with zero attached hydrogens (tertiary/aromatic N) is 2. The van der Waals surface area contributed by atoms with E-state index < -0.39 is 0 Å². The fraction of sp³-hybridized carbons (Fsp3) is 0.450. The number of thiazole rings is 2. The number of amides is 1. The molecule has 1 N–H and O–H groups in total. The first-order valence-electron chi connectivity index (χ1n) is 9.07. The molecule has 0 aliphatic carbocycles. The topological polar surface area (TPSA) is 64.1 Å². The van der Waals surface area contributed by atoms with Crippen LogP contribution in [0.25, 0.3) is 10.2 Å². The highest BCUT2D eigenvalue weighted by Crippen LogP contribution is 2.32. The summed E-state index contributed by atoms with van der Waals surface area (Å²) in [4.78, 5) is 22.6. The lowest BCUT2D eigenvalue weighted by Crippen LogP contribution is -2.22. The van der Waals surface area contributed by atoms with Crippen molar-refractivity contribution < 1.29 is 9.53 Å². The van der Waals surface area contributed by atoms with E-state index in [1.807, 2.05) is 32.0 Å². The van der Waals surface area contributed by atoms with Gasteiger partial charge in [-0.25, -0.2) is 9.97 Å². The number of methoxy groups -OCH3 is 1. The largest absolute Gasteiger partial charge is 0.379 e. The van der Waals surface area contributed by atoms with Crippen LogP contribution in [-0.4, -0.2) is 34.3 Å². The predicted molar refractivity (Wildman–Crippen MR) is 120 cm³/mol. The van der Waals surface area contributed by atoms with Gasteiger partial charge in [-0.05, 0) is 52.3 Å². The van der Waals surface area contributed by atoms with E-state index in [1.54, 1.807) is 41.5 Å². The zero-order valence-electron chi connectivity index (χ0n) is 16.8. The van der Waals surface area contributed by atoms with Crippen molar-refractivity contribution in [1.82, 2.24) is 9.97 Å². The van der Waals surface area contributed by atoms with Gasteiger partial charge >= 0.3 is 0 Å². The lowest BCUT2D eigenvalue weighted by atomic mass is 10.1. The average Bonchev–Trinajstić information content (AvgIpc) is 3.16. The second-order valence-electron chi connectivity index (χ2n) is 7.19. The van der Waals surface area contributed by atoms with Crippen LogP contribution in [0.2, 0.25) is 0 Å². The number of benzene rings is 1. The van der Waals surface area contributed by atoms with Crippen LogP contribution in [0.5, 0.6) is 0 Å². The van der Waals surface area contributed by atoms with Gasteiger partial charge in [0.1, 0.15) is 0 Å². The van der Waals surface area contributed by atoms with Crippen LogP contribution in [0.3, 0.4) is 0 Å². The summed E-state index contributed by atoms with van der Waals surface area (Å²) in [7, 11) is 1.75. The minimum Gasteiger partial charge on any atom is -0.379 e. The summed E-state index contributed by atoms with van der Waals surface area (Å²) in [5.74, 6) is 0.907. The van der Waals surface area contributed by atoms with E-state index in [1.165, 1.54) is 0 Å². The summed E-state index contributed by atoms with van der Waals surface area (Å²) in [6.07, 6.45) is 1.26. The molecule has 0 spiro atoms. The highest BCUT2D eigenvalue weighted by molar-refractivity contribution is 8.01. The Hall–Kier alpha value is -1.48. The van der Waals surface area contributed by atoms with E-state index in [4.69, 9.17) is 4.74 Å². The normalized spacial score (nSPS) is 11.9. The van der Waals surface area contributed by atoms with Crippen LogP contribution in [0.4, 0.5) is 5.69 Å². The lowest BCUT2D eigenvalue weighted by molar-refractivity contribution is -0.115. The molecule has 150 valence electrons. The van der Waals surface area contributed by atoms with Gasteiger partial charge in [0, 0.05) is 23.4 Å². The molecule has 0 unspecified atom stereocenters. The molecule has 1 amide bonds. The molecule has 1 aromatic carbocycles. The fourth-order valence-electron chi connectivity index (χ4n) is 2.62. The van der Waals surface area contributed by atoms with Crippen molar-refractivity contribution in [3.63, 3.8) is 0 Å². The van der Waals surface area contributed by atoms with Gasteiger partial charge in [0.05, 0.1) is 32.9 Å². The highest BCUT2D eigenvalue weighted by atomic mass is 32.2. The van der Waals surface area contributed by atoms with Gasteiger partial charge in [0.15, 0.2) is 4.34 Å². The second kappa shape index (κ2) is 8.90. The monoisotopic (exact) mass is 435 g/mol. The Morgan fingerprint density at radius 3 is 2.71 bits per heavy atom. The van der Waals surface area contributed by atoms with E-state index in [0.29, 0.717) is 6.42 Å². The molecule has 5 nitrogen and oxygen atoms in total. The Bertz CT molecular complexity index is 978. The molecule has 0 aliphatic rings. The first-order chi connectivity index (χ1) is 13.3. The molecule has 0 atom stereocenters. The van der Waals surface area contributed by atoms with Crippen LogP contribution in [0.15, 0.2) is 22.5 Å². The molecule has 8 heteroatoms. The van der Waals surface area contributed by atoms with Crippen LogP contribution < -0.4 is 5.32 Å². The molecule has 0 aliphatic heterocycles. The Morgan fingerprint density at radius 2 is 2.04 bits per heavy atom. The van der Waals surface area contributed by atoms with Gasteiger partial charge in [0.25, 0.3) is 0 Å². The van der Waals surface area contributed by atoms with Gasteiger partial charge in [-0.2, -0.15) is 0 Å². The number of rotatable bonds is 8. The quantitative estimate of drug-likeness (QED) is 0.476. The van der Waals surface area contributed by atoms with Crippen molar-refractivity contribution >= 4 is 56.2 Å². The van der Waals surface area contributed by atoms with E-state index in [2.05, 4.69) is 29.1 Å². The highest BCUT2D eigenvalue weighted by Gasteiger charge is 2.16. The van der Waals surface area contributed by atoms with Crippen molar-refractivity contribution in [2.75, 3.05) is 18.2 Å². The summed E-state index contributed by atoms with van der Waals surface area (Å²) in [6, 6.07) is 5.86. The predicted octanol–water partition coefficient (Wildman–Crippen LogP) is 5.46. The number of nitrogens with one attached hydrogen (secondary N) is 1. The van der Waals surface area contributed by atoms with E-state index in [9.17, 15) is 4.79 Å². The molecule has 0 bridgehead atoms. The van der Waals surface area contributed by atoms with Gasteiger partial charge in [-0.1, -0.05) is 11.8 Å². The number of carbonyl (C=O) groups excluding carboxylic acids is 1. The Morgan fingerprint density at radius 1 is 1.25 bits per heavy atom. The van der Waals surface area contributed by atoms with Crippen LogP contribution in [0, 0.1) is 13.8 Å². The number of hydrogen-bond acceptors (Lipinski definition) is 7. The van der Waals surface area contributed by atoms with Crippen LogP contribution in [0.1, 0.15) is 35.8 Å². The molecular weight excluding hydrogens is 410 g/mol. The Balaban J connectivity index is 1.62. The number of ether oxygens (including phenoxy) is 1. The summed E-state index contributed by atoms with van der Waals surface area (Å²) < 4.78 is 7.58. The summed E-state index contributed by atoms with van der Waals surface area (Å²) >= 11 is 5.03. The van der Waals surface area contributed by atoms with E-state index >= 15 is 0 Å². The molecule has 0 saturated carbocycles. The number of thioether (sulfide) groups is 1. The standard InChI is InChI=1S/C20H25N3O2S3/c1-12-16(21-13(2)27-12)11-18(24)22-14-6-7-15-17(10-14)28-19(23-15)26-9-8-20(3,4)25-5/h6-7,10H,8-9,11H2,1-5H3,(H,22,24). The first-order valence-corrected chi connectivity index (χ1v) is 11.7. The molecule has 3 rings (SSSR count). The third kappa shape index (κ3) is 5.53. The zero-order valence-corrected chi connectivity index (χ0v) is 19.2. The Labute approximate surface area is 177 Å². The van der Waals surface area contributed by atoms with Crippen LogP contribution >= 0.6 is 34.4 Å². The van der Waals surface area contributed by atoms with Gasteiger partial charge in [0.2, 0.25) is 5.91 Å². The minimum absolute atomic E-state index is 0.0475. The van der Waals surface area contributed by atoms with Crippen molar-refractivity contribution in [3.05, 3.63) is 33.8 Å². The van der Waals surface area contributed by atoms with Gasteiger partial charge in [-0.3, -0.25) is 4.79 Å². The average molecular weight is 436 g/mol. The molecule has 2 aromatic heterocycles. The van der Waals surface area contributed by atoms with Gasteiger partial charge < -0.3 is 10.1 Å². The van der Waals surface area contributed by atoms with Crippen molar-refractivity contribution in [2.24, 2.45) is 0 Å². The fourth-order valence-corrected chi connectivity index (χ4v) is 5.88. The molecular formula is C20H25N3O2S3. The summed E-state index contributed by atoms with van der Waals surface area (Å²) in [6.45, 7) is 8.15. The number of fused-ring (bicyclic) bond motifs is 1. The maximum Gasteiger partial charge on any atom is 0.230 e. The second-order valence-corrected chi connectivity index (χ2v) is 11.0. The van der Waals surface area contributed by atoms with E-state index in [-0.39, 0.29) is 11.5 Å². The van der Waals surface area contributed by atoms with Crippen molar-refractivity contribution in [3.8, 4) is 0 Å². The smallest absolute Gasteiger partial charge is 0.230 e. The maximum atomic E-state index is 12.4.